The van der Waals surface area contributed by atoms with E-state index in [2.05, 4.69) is 20.9 Å². The van der Waals surface area contributed by atoms with Gasteiger partial charge in [0.2, 0.25) is 0 Å². The van der Waals surface area contributed by atoms with Crippen molar-refractivity contribution in [2.75, 3.05) is 43.4 Å². The van der Waals surface area contributed by atoms with E-state index in [0.717, 1.165) is 56.6 Å². The average Bonchev–Trinajstić information content (AvgIpc) is 2.75. The van der Waals surface area contributed by atoms with Crippen molar-refractivity contribution >= 4 is 22.1 Å². The molecule has 0 saturated carbocycles. The summed E-state index contributed by atoms with van der Waals surface area (Å²) in [5.74, 6) is 0. The van der Waals surface area contributed by atoms with Crippen LogP contribution < -0.4 is 16.2 Å². The van der Waals surface area contributed by atoms with Gasteiger partial charge in [0.05, 0.1) is 11.6 Å². The van der Waals surface area contributed by atoms with Gasteiger partial charge in [-0.15, -0.1) is 0 Å². The minimum Gasteiger partial charge on any atom is -0.398 e. The number of piperazine rings is 1. The van der Waals surface area contributed by atoms with Crippen LogP contribution in [-0.4, -0.2) is 42.6 Å². The molecule has 0 aliphatic carbocycles. The first-order valence-electron chi connectivity index (χ1n) is 10.0. The van der Waals surface area contributed by atoms with Crippen molar-refractivity contribution in [3.8, 4) is 6.07 Å². The van der Waals surface area contributed by atoms with Crippen LogP contribution in [0.5, 0.6) is 0 Å². The van der Waals surface area contributed by atoms with Crippen LogP contribution in [0, 0.1) is 11.3 Å². The summed E-state index contributed by atoms with van der Waals surface area (Å²) >= 11 is 0. The molecule has 1 saturated heterocycles. The fraction of sp³-hybridized carbons (Fsp3) is 0.304. The van der Waals surface area contributed by atoms with E-state index in [4.69, 9.17) is 11.0 Å². The number of H-pyrrole nitrogens is 1. The highest BCUT2D eigenvalue weighted by atomic mass is 16.1. The van der Waals surface area contributed by atoms with Gasteiger partial charge in [0.15, 0.2) is 0 Å². The van der Waals surface area contributed by atoms with Crippen LogP contribution >= 0.6 is 0 Å². The number of anilines is 2. The van der Waals surface area contributed by atoms with E-state index in [-0.39, 0.29) is 5.56 Å². The predicted octanol–water partition coefficient (Wildman–Crippen LogP) is 2.74. The minimum atomic E-state index is -0.0687. The molecule has 0 radical (unpaired) electrons. The highest BCUT2D eigenvalue weighted by Crippen LogP contribution is 2.19. The Morgan fingerprint density at radius 3 is 2.52 bits per heavy atom. The number of aromatic nitrogens is 1. The highest BCUT2D eigenvalue weighted by molar-refractivity contribution is 5.92. The van der Waals surface area contributed by atoms with Crippen molar-refractivity contribution in [1.29, 1.82) is 5.26 Å². The molecule has 1 aliphatic rings. The van der Waals surface area contributed by atoms with Gasteiger partial charge in [-0.25, -0.2) is 0 Å². The van der Waals surface area contributed by atoms with E-state index < -0.39 is 0 Å². The molecule has 29 heavy (non-hydrogen) atoms. The van der Waals surface area contributed by atoms with Crippen molar-refractivity contribution in [2.45, 2.75) is 12.8 Å². The van der Waals surface area contributed by atoms with Crippen LogP contribution in [0.3, 0.4) is 0 Å². The number of nitrogens with zero attached hydrogens (tertiary/aromatic N) is 3. The maximum Gasteiger partial charge on any atom is 0.256 e. The smallest absolute Gasteiger partial charge is 0.256 e. The molecule has 1 fully saturated rings. The van der Waals surface area contributed by atoms with Gasteiger partial charge in [0.25, 0.3) is 5.56 Å². The Hall–Kier alpha value is -3.30. The quantitative estimate of drug-likeness (QED) is 0.657. The molecule has 6 nitrogen and oxygen atoms in total. The lowest BCUT2D eigenvalue weighted by Gasteiger charge is -2.36. The number of hydrogen-bond donors (Lipinski definition) is 2. The van der Waals surface area contributed by atoms with E-state index in [1.165, 1.54) is 5.69 Å². The number of rotatable bonds is 5. The SMILES string of the molecule is N#Cc1ccc(N2CCN(CCCc3cc4c(N)cccc4c(=O)[nH]3)CC2)cc1. The first-order valence-corrected chi connectivity index (χ1v) is 10.0. The molecule has 0 atom stereocenters. The van der Waals surface area contributed by atoms with Crippen LogP contribution in [0.25, 0.3) is 10.8 Å². The fourth-order valence-electron chi connectivity index (χ4n) is 3.97. The van der Waals surface area contributed by atoms with Gasteiger partial charge in [-0.05, 0) is 61.9 Å². The number of nitriles is 1. The molecule has 2 aromatic carbocycles. The van der Waals surface area contributed by atoms with E-state index in [1.807, 2.05) is 48.5 Å². The number of fused-ring (bicyclic) bond motifs is 1. The predicted molar refractivity (Wildman–Crippen MR) is 117 cm³/mol. The summed E-state index contributed by atoms with van der Waals surface area (Å²) in [6.45, 7) is 5.00. The van der Waals surface area contributed by atoms with Crippen molar-refractivity contribution in [1.82, 2.24) is 9.88 Å². The number of aromatic amines is 1. The van der Waals surface area contributed by atoms with Gasteiger partial charge in [0.1, 0.15) is 0 Å². The van der Waals surface area contributed by atoms with Gasteiger partial charge >= 0.3 is 0 Å². The largest absolute Gasteiger partial charge is 0.398 e. The van der Waals surface area contributed by atoms with Gasteiger partial charge < -0.3 is 15.6 Å². The van der Waals surface area contributed by atoms with Gasteiger partial charge in [-0.2, -0.15) is 5.26 Å². The van der Waals surface area contributed by atoms with Crippen molar-refractivity contribution < 1.29 is 0 Å². The van der Waals surface area contributed by atoms with E-state index in [1.54, 1.807) is 0 Å². The van der Waals surface area contributed by atoms with E-state index in [0.29, 0.717) is 16.6 Å². The second kappa shape index (κ2) is 8.38. The van der Waals surface area contributed by atoms with Gasteiger partial charge in [-0.1, -0.05) is 6.07 Å². The lowest BCUT2D eigenvalue weighted by Crippen LogP contribution is -2.46. The lowest BCUT2D eigenvalue weighted by atomic mass is 10.1. The second-order valence-electron chi connectivity index (χ2n) is 7.52. The van der Waals surface area contributed by atoms with Crippen LogP contribution in [0.15, 0.2) is 53.3 Å². The third-order valence-electron chi connectivity index (χ3n) is 5.63. The Morgan fingerprint density at radius 1 is 1.03 bits per heavy atom. The summed E-state index contributed by atoms with van der Waals surface area (Å²) in [7, 11) is 0. The topological polar surface area (TPSA) is 89.2 Å². The number of aryl methyl sites for hydroxylation is 1. The number of hydrogen-bond acceptors (Lipinski definition) is 5. The summed E-state index contributed by atoms with van der Waals surface area (Å²) < 4.78 is 0. The Balaban J connectivity index is 1.30. The third-order valence-corrected chi connectivity index (χ3v) is 5.63. The Kier molecular flexibility index (Phi) is 5.50. The molecule has 2 heterocycles. The Morgan fingerprint density at radius 2 is 1.79 bits per heavy atom. The first-order chi connectivity index (χ1) is 14.1. The molecule has 1 aromatic heterocycles. The second-order valence-corrected chi connectivity index (χ2v) is 7.52. The molecule has 3 N–H and O–H groups in total. The summed E-state index contributed by atoms with van der Waals surface area (Å²) in [4.78, 5) is 20.1. The standard InChI is InChI=1S/C23H25N5O/c24-16-17-6-8-19(9-7-17)28-13-11-27(12-14-28)10-2-3-18-15-21-20(23(29)26-18)4-1-5-22(21)25/h1,4-9,15H,2-3,10-14,25H2,(H,26,29). The van der Waals surface area contributed by atoms with Crippen molar-refractivity contribution in [3.05, 3.63) is 70.1 Å². The number of nitrogens with one attached hydrogen (secondary N) is 1. The molecule has 0 unspecified atom stereocenters. The lowest BCUT2D eigenvalue weighted by molar-refractivity contribution is 0.255. The number of nitrogen functional groups attached to an aromatic ring is 1. The Bertz CT molecular complexity index is 1090. The molecule has 1 aliphatic heterocycles. The van der Waals surface area contributed by atoms with Crippen molar-refractivity contribution in [3.63, 3.8) is 0 Å². The van der Waals surface area contributed by atoms with E-state index >= 15 is 0 Å². The molecule has 148 valence electrons. The van der Waals surface area contributed by atoms with Gasteiger partial charge in [-0.3, -0.25) is 9.69 Å². The summed E-state index contributed by atoms with van der Waals surface area (Å²) in [6, 6.07) is 17.4. The average molecular weight is 387 g/mol. The third kappa shape index (κ3) is 4.25. The maximum atomic E-state index is 12.3. The Labute approximate surface area is 170 Å². The van der Waals surface area contributed by atoms with Crippen LogP contribution in [0.2, 0.25) is 0 Å². The van der Waals surface area contributed by atoms with Crippen LogP contribution in [0.4, 0.5) is 11.4 Å². The minimum absolute atomic E-state index is 0.0687. The fourth-order valence-corrected chi connectivity index (χ4v) is 3.97. The van der Waals surface area contributed by atoms with Crippen LogP contribution in [0.1, 0.15) is 17.7 Å². The molecule has 0 bridgehead atoms. The zero-order valence-electron chi connectivity index (χ0n) is 16.4. The molecule has 3 aromatic rings. The maximum absolute atomic E-state index is 12.3. The van der Waals surface area contributed by atoms with Crippen LogP contribution in [-0.2, 0) is 6.42 Å². The summed E-state index contributed by atoms with van der Waals surface area (Å²) in [5, 5.41) is 10.4. The summed E-state index contributed by atoms with van der Waals surface area (Å²) in [6.07, 6.45) is 1.82. The molecule has 0 amide bonds. The summed E-state index contributed by atoms with van der Waals surface area (Å²) in [5.41, 5.74) is 9.43. The van der Waals surface area contributed by atoms with Crippen molar-refractivity contribution in [2.24, 2.45) is 0 Å². The molecule has 6 heteroatoms. The monoisotopic (exact) mass is 387 g/mol. The molecular weight excluding hydrogens is 362 g/mol. The number of pyridine rings is 1. The molecule has 0 spiro atoms. The molecule has 4 rings (SSSR count). The number of benzene rings is 2. The highest BCUT2D eigenvalue weighted by Gasteiger charge is 2.17. The zero-order chi connectivity index (χ0) is 20.2. The first kappa shape index (κ1) is 19.0. The zero-order valence-corrected chi connectivity index (χ0v) is 16.4. The normalized spacial score (nSPS) is 14.8. The molecular formula is C23H25N5O. The van der Waals surface area contributed by atoms with Gasteiger partial charge in [0, 0.05) is 54.0 Å². The van der Waals surface area contributed by atoms with E-state index in [9.17, 15) is 4.79 Å². The number of nitrogens with two attached hydrogens (primary N) is 1.